The molecule has 0 saturated carbocycles. The number of aryl methyl sites for hydroxylation is 1. The zero-order chi connectivity index (χ0) is 15.8. The minimum Gasteiger partial charge on any atom is -0.497 e. The zero-order valence-electron chi connectivity index (χ0n) is 12.7. The van der Waals surface area contributed by atoms with Crippen molar-refractivity contribution in [3.05, 3.63) is 36.7 Å². The molecule has 7 heteroatoms. The molecule has 0 aliphatic carbocycles. The van der Waals surface area contributed by atoms with E-state index in [1.807, 2.05) is 35.1 Å². The minimum absolute atomic E-state index is 0.548. The van der Waals surface area contributed by atoms with Crippen LogP contribution in [0.15, 0.2) is 36.7 Å². The van der Waals surface area contributed by atoms with Crippen LogP contribution in [0.3, 0.4) is 0 Å². The van der Waals surface area contributed by atoms with Crippen molar-refractivity contribution in [2.75, 3.05) is 26.1 Å². The fourth-order valence-electron chi connectivity index (χ4n) is 1.95. The van der Waals surface area contributed by atoms with Crippen LogP contribution in [0.5, 0.6) is 11.5 Å². The van der Waals surface area contributed by atoms with E-state index in [-0.39, 0.29) is 0 Å². The smallest absolute Gasteiger partial charge is 0.170 e. The van der Waals surface area contributed by atoms with Gasteiger partial charge in [-0.2, -0.15) is 5.10 Å². The predicted octanol–water partition coefficient (Wildman–Crippen LogP) is 2.28. The van der Waals surface area contributed by atoms with Crippen molar-refractivity contribution < 1.29 is 9.47 Å². The Morgan fingerprint density at radius 2 is 2.18 bits per heavy atom. The number of thiocarbonyl (C=S) groups is 1. The van der Waals surface area contributed by atoms with Crippen molar-refractivity contribution in [2.24, 2.45) is 0 Å². The van der Waals surface area contributed by atoms with Gasteiger partial charge in [0.05, 0.1) is 19.9 Å². The SMILES string of the molecule is COc1ccc(OC)c(NC(=S)NCCCn2cccn2)c1. The number of aromatic nitrogens is 2. The Kier molecular flexibility index (Phi) is 6.02. The summed E-state index contributed by atoms with van der Waals surface area (Å²) in [5, 5.41) is 11.0. The molecule has 0 bridgehead atoms. The van der Waals surface area contributed by atoms with Crippen molar-refractivity contribution in [1.82, 2.24) is 15.1 Å². The molecule has 1 heterocycles. The predicted molar refractivity (Wildman–Crippen MR) is 90.6 cm³/mol. The van der Waals surface area contributed by atoms with Crippen LogP contribution in [0, 0.1) is 0 Å². The van der Waals surface area contributed by atoms with Crippen LogP contribution in [0.25, 0.3) is 0 Å². The third-order valence-electron chi connectivity index (χ3n) is 3.06. The average molecular weight is 320 g/mol. The second-order valence-corrected chi connectivity index (χ2v) is 4.98. The maximum absolute atomic E-state index is 5.30. The number of methoxy groups -OCH3 is 2. The number of nitrogens with one attached hydrogen (secondary N) is 2. The molecule has 22 heavy (non-hydrogen) atoms. The number of ether oxygens (including phenoxy) is 2. The lowest BCUT2D eigenvalue weighted by Gasteiger charge is -2.14. The van der Waals surface area contributed by atoms with Gasteiger partial charge in [-0.25, -0.2) is 0 Å². The van der Waals surface area contributed by atoms with E-state index >= 15 is 0 Å². The van der Waals surface area contributed by atoms with Crippen LogP contribution in [0.1, 0.15) is 6.42 Å². The Morgan fingerprint density at radius 1 is 1.32 bits per heavy atom. The summed E-state index contributed by atoms with van der Waals surface area (Å²) in [4.78, 5) is 0. The van der Waals surface area contributed by atoms with Gasteiger partial charge in [-0.1, -0.05) is 0 Å². The molecule has 0 atom stereocenters. The van der Waals surface area contributed by atoms with Crippen molar-refractivity contribution in [1.29, 1.82) is 0 Å². The Bertz CT molecular complexity index is 602. The summed E-state index contributed by atoms with van der Waals surface area (Å²) >= 11 is 5.30. The molecular weight excluding hydrogens is 300 g/mol. The van der Waals surface area contributed by atoms with Gasteiger partial charge >= 0.3 is 0 Å². The van der Waals surface area contributed by atoms with E-state index < -0.39 is 0 Å². The molecular formula is C15H20N4O2S. The lowest BCUT2D eigenvalue weighted by molar-refractivity contribution is 0.405. The van der Waals surface area contributed by atoms with Crippen LogP contribution in [-0.2, 0) is 6.54 Å². The first-order valence-electron chi connectivity index (χ1n) is 6.97. The second kappa shape index (κ2) is 8.23. The van der Waals surface area contributed by atoms with Crippen molar-refractivity contribution in [3.8, 4) is 11.5 Å². The standard InChI is InChI=1S/C15H20N4O2S/c1-20-12-5-6-14(21-2)13(11-12)18-15(22)16-7-3-9-19-10-4-8-17-19/h4-6,8,10-11H,3,7,9H2,1-2H3,(H2,16,18,22). The normalized spacial score (nSPS) is 10.1. The first-order chi connectivity index (χ1) is 10.7. The largest absolute Gasteiger partial charge is 0.497 e. The summed E-state index contributed by atoms with van der Waals surface area (Å²) in [6.45, 7) is 1.61. The summed E-state index contributed by atoms with van der Waals surface area (Å²) in [6, 6.07) is 7.43. The van der Waals surface area contributed by atoms with Gasteiger partial charge in [-0.3, -0.25) is 4.68 Å². The van der Waals surface area contributed by atoms with E-state index in [0.717, 1.165) is 30.9 Å². The maximum atomic E-state index is 5.30. The summed E-state index contributed by atoms with van der Waals surface area (Å²) in [5.74, 6) is 1.45. The van der Waals surface area contributed by atoms with Gasteiger partial charge < -0.3 is 20.1 Å². The third-order valence-corrected chi connectivity index (χ3v) is 3.31. The molecule has 0 amide bonds. The van der Waals surface area contributed by atoms with Crippen LogP contribution in [0.4, 0.5) is 5.69 Å². The Hall–Kier alpha value is -2.28. The van der Waals surface area contributed by atoms with Crippen molar-refractivity contribution in [3.63, 3.8) is 0 Å². The quantitative estimate of drug-likeness (QED) is 0.603. The number of anilines is 1. The van der Waals surface area contributed by atoms with Gasteiger partial charge in [0.1, 0.15) is 11.5 Å². The molecule has 0 fully saturated rings. The zero-order valence-corrected chi connectivity index (χ0v) is 13.5. The topological polar surface area (TPSA) is 60.3 Å². The fraction of sp³-hybridized carbons (Fsp3) is 0.333. The molecule has 0 aliphatic rings. The van der Waals surface area contributed by atoms with E-state index in [1.165, 1.54) is 0 Å². The summed E-state index contributed by atoms with van der Waals surface area (Å²) in [6.07, 6.45) is 4.64. The number of hydrogen-bond donors (Lipinski definition) is 2. The van der Waals surface area contributed by atoms with E-state index in [4.69, 9.17) is 21.7 Å². The van der Waals surface area contributed by atoms with Gasteiger partial charge in [-0.15, -0.1) is 0 Å². The van der Waals surface area contributed by atoms with Crippen LogP contribution in [-0.4, -0.2) is 35.7 Å². The van der Waals surface area contributed by atoms with Crippen LogP contribution >= 0.6 is 12.2 Å². The first-order valence-corrected chi connectivity index (χ1v) is 7.38. The lowest BCUT2D eigenvalue weighted by Crippen LogP contribution is -2.30. The van der Waals surface area contributed by atoms with Crippen molar-refractivity contribution in [2.45, 2.75) is 13.0 Å². The number of hydrogen-bond acceptors (Lipinski definition) is 4. The molecule has 118 valence electrons. The molecule has 1 aromatic heterocycles. The van der Waals surface area contributed by atoms with Crippen LogP contribution < -0.4 is 20.1 Å². The van der Waals surface area contributed by atoms with E-state index in [0.29, 0.717) is 10.9 Å². The Labute approximate surface area is 135 Å². The van der Waals surface area contributed by atoms with E-state index in [1.54, 1.807) is 20.4 Å². The Morgan fingerprint density at radius 3 is 2.86 bits per heavy atom. The average Bonchev–Trinajstić information content (AvgIpc) is 3.05. The molecule has 0 spiro atoms. The number of rotatable bonds is 7. The number of benzene rings is 1. The molecule has 1 aromatic carbocycles. The molecule has 0 unspecified atom stereocenters. The highest BCUT2D eigenvalue weighted by molar-refractivity contribution is 7.80. The molecule has 2 N–H and O–H groups in total. The maximum Gasteiger partial charge on any atom is 0.170 e. The van der Waals surface area contributed by atoms with Crippen LogP contribution in [0.2, 0.25) is 0 Å². The molecule has 2 rings (SSSR count). The van der Waals surface area contributed by atoms with Crippen molar-refractivity contribution >= 4 is 23.0 Å². The summed E-state index contributed by atoms with van der Waals surface area (Å²) in [5.41, 5.74) is 0.770. The lowest BCUT2D eigenvalue weighted by atomic mass is 10.2. The molecule has 6 nitrogen and oxygen atoms in total. The highest BCUT2D eigenvalue weighted by atomic mass is 32.1. The van der Waals surface area contributed by atoms with Gasteiger partial charge in [0.2, 0.25) is 0 Å². The third kappa shape index (κ3) is 4.63. The van der Waals surface area contributed by atoms with Gasteiger partial charge in [0, 0.05) is 31.5 Å². The highest BCUT2D eigenvalue weighted by Crippen LogP contribution is 2.28. The van der Waals surface area contributed by atoms with Gasteiger partial charge in [0.15, 0.2) is 5.11 Å². The van der Waals surface area contributed by atoms with E-state index in [2.05, 4.69) is 15.7 Å². The monoisotopic (exact) mass is 320 g/mol. The molecule has 2 aromatic rings. The number of nitrogens with zero attached hydrogens (tertiary/aromatic N) is 2. The second-order valence-electron chi connectivity index (χ2n) is 4.57. The van der Waals surface area contributed by atoms with E-state index in [9.17, 15) is 0 Å². The summed E-state index contributed by atoms with van der Waals surface area (Å²) < 4.78 is 12.4. The highest BCUT2D eigenvalue weighted by Gasteiger charge is 2.06. The van der Waals surface area contributed by atoms with Gasteiger partial charge in [-0.05, 0) is 36.8 Å². The minimum atomic E-state index is 0.548. The molecule has 0 saturated heterocycles. The van der Waals surface area contributed by atoms with Gasteiger partial charge in [0.25, 0.3) is 0 Å². The fourth-order valence-corrected chi connectivity index (χ4v) is 2.17. The summed E-state index contributed by atoms with van der Waals surface area (Å²) in [7, 11) is 3.24. The Balaban J connectivity index is 1.81. The molecule has 0 aliphatic heterocycles. The molecule has 0 radical (unpaired) electrons. The first kappa shape index (κ1) is 16.1.